The maximum atomic E-state index is 12.0. The van der Waals surface area contributed by atoms with E-state index in [1.165, 1.54) is 5.56 Å². The van der Waals surface area contributed by atoms with E-state index < -0.39 is 0 Å². The van der Waals surface area contributed by atoms with Crippen LogP contribution < -0.4 is 5.32 Å². The van der Waals surface area contributed by atoms with E-state index in [4.69, 9.17) is 5.11 Å². The SMILES string of the molecule is CC(C)Cc1ccc([C@@H](C)C(=O)N[C@H](C)CO)cc1. The van der Waals surface area contributed by atoms with Gasteiger partial charge in [0.15, 0.2) is 0 Å². The Morgan fingerprint density at radius 3 is 2.21 bits per heavy atom. The standard InChI is InChI=1S/C16H25NO2/c1-11(2)9-14-5-7-15(8-6-14)13(4)16(19)17-12(3)10-18/h5-8,11-13,18H,9-10H2,1-4H3,(H,17,19)/t12-,13-/m1/s1. The number of aliphatic hydroxyl groups excluding tert-OH is 1. The molecule has 1 amide bonds. The molecule has 0 spiro atoms. The first-order chi connectivity index (χ1) is 8.93. The van der Waals surface area contributed by atoms with Crippen LogP contribution >= 0.6 is 0 Å². The summed E-state index contributed by atoms with van der Waals surface area (Å²) >= 11 is 0. The van der Waals surface area contributed by atoms with Crippen molar-refractivity contribution in [2.75, 3.05) is 6.61 Å². The fourth-order valence-corrected chi connectivity index (χ4v) is 1.98. The Kier molecular flexibility index (Phi) is 6.03. The van der Waals surface area contributed by atoms with Crippen molar-refractivity contribution in [3.63, 3.8) is 0 Å². The van der Waals surface area contributed by atoms with Crippen molar-refractivity contribution >= 4 is 5.91 Å². The van der Waals surface area contributed by atoms with Crippen LogP contribution in [0.5, 0.6) is 0 Å². The number of amides is 1. The second kappa shape index (κ2) is 7.29. The average molecular weight is 263 g/mol. The smallest absolute Gasteiger partial charge is 0.227 e. The molecule has 19 heavy (non-hydrogen) atoms. The molecule has 1 rings (SSSR count). The minimum absolute atomic E-state index is 0.0359. The van der Waals surface area contributed by atoms with E-state index in [0.29, 0.717) is 5.92 Å². The molecule has 2 N–H and O–H groups in total. The van der Waals surface area contributed by atoms with Crippen molar-refractivity contribution in [2.45, 2.75) is 46.1 Å². The van der Waals surface area contributed by atoms with Crippen molar-refractivity contribution in [2.24, 2.45) is 5.92 Å². The molecule has 3 nitrogen and oxygen atoms in total. The molecule has 106 valence electrons. The lowest BCUT2D eigenvalue weighted by Crippen LogP contribution is -2.37. The number of benzene rings is 1. The second-order valence-corrected chi connectivity index (χ2v) is 5.65. The van der Waals surface area contributed by atoms with E-state index in [2.05, 4.69) is 31.3 Å². The van der Waals surface area contributed by atoms with Crippen LogP contribution in [0.4, 0.5) is 0 Å². The van der Waals surface area contributed by atoms with E-state index in [9.17, 15) is 4.79 Å². The van der Waals surface area contributed by atoms with Crippen LogP contribution in [-0.2, 0) is 11.2 Å². The zero-order chi connectivity index (χ0) is 14.4. The summed E-state index contributed by atoms with van der Waals surface area (Å²) in [5.74, 6) is 0.400. The van der Waals surface area contributed by atoms with Crippen LogP contribution in [0.1, 0.15) is 44.7 Å². The molecule has 2 atom stereocenters. The third-order valence-electron chi connectivity index (χ3n) is 3.18. The summed E-state index contributed by atoms with van der Waals surface area (Å²) in [4.78, 5) is 12.0. The molecule has 0 aromatic heterocycles. The zero-order valence-corrected chi connectivity index (χ0v) is 12.3. The number of hydrogen-bond acceptors (Lipinski definition) is 2. The monoisotopic (exact) mass is 263 g/mol. The van der Waals surface area contributed by atoms with Gasteiger partial charge in [0.2, 0.25) is 5.91 Å². The van der Waals surface area contributed by atoms with E-state index in [1.54, 1.807) is 6.92 Å². The highest BCUT2D eigenvalue weighted by Crippen LogP contribution is 2.17. The van der Waals surface area contributed by atoms with Gasteiger partial charge in [-0.25, -0.2) is 0 Å². The highest BCUT2D eigenvalue weighted by atomic mass is 16.3. The number of aliphatic hydroxyl groups is 1. The third kappa shape index (κ3) is 5.03. The summed E-state index contributed by atoms with van der Waals surface area (Å²) in [5, 5.41) is 11.7. The number of rotatable bonds is 6. The predicted octanol–water partition coefficient (Wildman–Crippen LogP) is 2.49. The normalized spacial score (nSPS) is 14.2. The van der Waals surface area contributed by atoms with E-state index in [0.717, 1.165) is 12.0 Å². The van der Waals surface area contributed by atoms with Crippen LogP contribution in [0.2, 0.25) is 0 Å². The van der Waals surface area contributed by atoms with E-state index in [-0.39, 0.29) is 24.5 Å². The zero-order valence-electron chi connectivity index (χ0n) is 12.3. The van der Waals surface area contributed by atoms with Crippen LogP contribution in [0, 0.1) is 5.92 Å². The van der Waals surface area contributed by atoms with Crippen molar-refractivity contribution < 1.29 is 9.90 Å². The van der Waals surface area contributed by atoms with Crippen LogP contribution in [0.3, 0.4) is 0 Å². The summed E-state index contributed by atoms with van der Waals surface area (Å²) in [7, 11) is 0. The Balaban J connectivity index is 2.66. The van der Waals surface area contributed by atoms with Gasteiger partial charge in [-0.15, -0.1) is 0 Å². The quantitative estimate of drug-likeness (QED) is 0.828. The van der Waals surface area contributed by atoms with Crippen LogP contribution in [-0.4, -0.2) is 23.7 Å². The van der Waals surface area contributed by atoms with Crippen LogP contribution in [0.15, 0.2) is 24.3 Å². The fourth-order valence-electron chi connectivity index (χ4n) is 1.98. The Morgan fingerprint density at radius 2 is 1.74 bits per heavy atom. The van der Waals surface area contributed by atoms with Crippen molar-refractivity contribution in [3.8, 4) is 0 Å². The highest BCUT2D eigenvalue weighted by Gasteiger charge is 2.16. The highest BCUT2D eigenvalue weighted by molar-refractivity contribution is 5.83. The van der Waals surface area contributed by atoms with Crippen LogP contribution in [0.25, 0.3) is 0 Å². The minimum Gasteiger partial charge on any atom is -0.394 e. The lowest BCUT2D eigenvalue weighted by Gasteiger charge is -2.16. The Morgan fingerprint density at radius 1 is 1.16 bits per heavy atom. The second-order valence-electron chi connectivity index (χ2n) is 5.65. The van der Waals surface area contributed by atoms with Gasteiger partial charge >= 0.3 is 0 Å². The summed E-state index contributed by atoms with van der Waals surface area (Å²) in [5.41, 5.74) is 2.31. The molecule has 0 fully saturated rings. The molecule has 0 saturated heterocycles. The van der Waals surface area contributed by atoms with Gasteiger partial charge in [-0.2, -0.15) is 0 Å². The molecular weight excluding hydrogens is 238 g/mol. The van der Waals surface area contributed by atoms with E-state index in [1.807, 2.05) is 19.1 Å². The summed E-state index contributed by atoms with van der Waals surface area (Å²) in [6.45, 7) is 8.03. The molecule has 1 aromatic rings. The number of carbonyl (C=O) groups is 1. The summed E-state index contributed by atoms with van der Waals surface area (Å²) < 4.78 is 0. The molecule has 0 unspecified atom stereocenters. The molecule has 0 aliphatic heterocycles. The first-order valence-corrected chi connectivity index (χ1v) is 6.94. The fraction of sp³-hybridized carbons (Fsp3) is 0.562. The maximum Gasteiger partial charge on any atom is 0.227 e. The molecule has 1 aromatic carbocycles. The van der Waals surface area contributed by atoms with Gasteiger partial charge < -0.3 is 10.4 Å². The Hall–Kier alpha value is -1.35. The van der Waals surface area contributed by atoms with Gasteiger partial charge in [0, 0.05) is 6.04 Å². The molecule has 0 saturated carbocycles. The van der Waals surface area contributed by atoms with Gasteiger partial charge in [-0.05, 0) is 37.3 Å². The molecule has 0 aliphatic rings. The number of hydrogen-bond donors (Lipinski definition) is 2. The van der Waals surface area contributed by atoms with Crippen molar-refractivity contribution in [1.29, 1.82) is 0 Å². The van der Waals surface area contributed by atoms with Gasteiger partial charge in [-0.1, -0.05) is 38.1 Å². The van der Waals surface area contributed by atoms with Gasteiger partial charge in [0.25, 0.3) is 0 Å². The molecule has 0 heterocycles. The third-order valence-corrected chi connectivity index (χ3v) is 3.18. The topological polar surface area (TPSA) is 49.3 Å². The number of nitrogens with one attached hydrogen (secondary N) is 1. The maximum absolute atomic E-state index is 12.0. The first kappa shape index (κ1) is 15.7. The van der Waals surface area contributed by atoms with E-state index >= 15 is 0 Å². The summed E-state index contributed by atoms with van der Waals surface area (Å²) in [6.07, 6.45) is 1.06. The molecule has 0 aliphatic carbocycles. The lowest BCUT2D eigenvalue weighted by atomic mass is 9.96. The lowest BCUT2D eigenvalue weighted by molar-refractivity contribution is -0.123. The minimum atomic E-state index is -0.199. The molecule has 0 bridgehead atoms. The van der Waals surface area contributed by atoms with Gasteiger partial charge in [0.05, 0.1) is 12.5 Å². The number of carbonyl (C=O) groups excluding carboxylic acids is 1. The predicted molar refractivity (Wildman–Crippen MR) is 78.1 cm³/mol. The molecule has 3 heteroatoms. The first-order valence-electron chi connectivity index (χ1n) is 6.94. The summed E-state index contributed by atoms with van der Waals surface area (Å²) in [6, 6.07) is 8.02. The molecular formula is C16H25NO2. The molecule has 0 radical (unpaired) electrons. The van der Waals surface area contributed by atoms with Crippen molar-refractivity contribution in [1.82, 2.24) is 5.32 Å². The average Bonchev–Trinajstić information content (AvgIpc) is 2.37. The van der Waals surface area contributed by atoms with Gasteiger partial charge in [-0.3, -0.25) is 4.79 Å². The van der Waals surface area contributed by atoms with Gasteiger partial charge in [0.1, 0.15) is 0 Å². The Bertz CT molecular complexity index is 398. The largest absolute Gasteiger partial charge is 0.394 e. The van der Waals surface area contributed by atoms with Crippen molar-refractivity contribution in [3.05, 3.63) is 35.4 Å². The Labute approximate surface area is 116 Å².